The van der Waals surface area contributed by atoms with Crippen molar-refractivity contribution in [2.45, 2.75) is 56.3 Å². The Labute approximate surface area is 198 Å². The summed E-state index contributed by atoms with van der Waals surface area (Å²) in [4.78, 5) is 27.7. The predicted octanol–water partition coefficient (Wildman–Crippen LogP) is 3.83. The van der Waals surface area contributed by atoms with Crippen LogP contribution < -0.4 is 10.1 Å². The number of benzene rings is 2. The van der Waals surface area contributed by atoms with Gasteiger partial charge in [-0.25, -0.2) is 0 Å². The highest BCUT2D eigenvalue weighted by atomic mass is 35.5. The van der Waals surface area contributed by atoms with Crippen LogP contribution in [0.15, 0.2) is 48.5 Å². The summed E-state index contributed by atoms with van der Waals surface area (Å²) in [6.07, 6.45) is 1.80. The first-order chi connectivity index (χ1) is 16.0. The van der Waals surface area contributed by atoms with E-state index in [-0.39, 0.29) is 30.2 Å². The number of aliphatic hydroxyl groups excluding tert-OH is 1. The molecule has 0 spiro atoms. The Morgan fingerprint density at radius 3 is 2.48 bits per heavy atom. The van der Waals surface area contributed by atoms with E-state index < -0.39 is 12.2 Å². The molecule has 2 N–H and O–H groups in total. The van der Waals surface area contributed by atoms with E-state index in [1.54, 1.807) is 18.2 Å². The smallest absolute Gasteiger partial charge is 0.261 e. The number of hydrogen-bond donors (Lipinski definition) is 2. The number of halogens is 1. The van der Waals surface area contributed by atoms with Crippen LogP contribution in [0.4, 0.5) is 0 Å². The second-order valence-electron chi connectivity index (χ2n) is 9.45. The summed E-state index contributed by atoms with van der Waals surface area (Å²) < 4.78 is 5.83. The third kappa shape index (κ3) is 4.73. The van der Waals surface area contributed by atoms with Gasteiger partial charge in [0.15, 0.2) is 6.10 Å². The summed E-state index contributed by atoms with van der Waals surface area (Å²) in [5.74, 6) is 1.02. The lowest BCUT2D eigenvalue weighted by Crippen LogP contribution is -2.52. The molecule has 0 unspecified atom stereocenters. The third-order valence-electron chi connectivity index (χ3n) is 7.22. The van der Waals surface area contributed by atoms with E-state index in [1.807, 2.05) is 23.1 Å². The van der Waals surface area contributed by atoms with Crippen LogP contribution in [-0.4, -0.2) is 47.1 Å². The molecule has 2 aliphatic heterocycles. The lowest BCUT2D eigenvalue weighted by atomic mass is 9.83. The fourth-order valence-corrected chi connectivity index (χ4v) is 5.39. The van der Waals surface area contributed by atoms with Crippen molar-refractivity contribution in [2.75, 3.05) is 13.1 Å². The highest BCUT2D eigenvalue weighted by Gasteiger charge is 2.38. The van der Waals surface area contributed by atoms with Crippen LogP contribution in [0.25, 0.3) is 0 Å². The summed E-state index contributed by atoms with van der Waals surface area (Å²) >= 11 is 6.00. The van der Waals surface area contributed by atoms with Crippen LogP contribution in [0.5, 0.6) is 5.75 Å². The predicted molar refractivity (Wildman–Crippen MR) is 125 cm³/mol. The van der Waals surface area contributed by atoms with Crippen molar-refractivity contribution in [2.24, 2.45) is 5.92 Å². The van der Waals surface area contributed by atoms with Gasteiger partial charge in [-0.05, 0) is 49.4 Å². The number of likely N-dealkylation sites (tertiary alicyclic amines) is 1. The number of fused-ring (bicyclic) bond motifs is 1. The maximum absolute atomic E-state index is 12.9. The summed E-state index contributed by atoms with van der Waals surface area (Å²) in [6, 6.07) is 15.4. The van der Waals surface area contributed by atoms with E-state index in [1.165, 1.54) is 5.56 Å². The van der Waals surface area contributed by atoms with E-state index in [2.05, 4.69) is 17.4 Å². The molecule has 0 radical (unpaired) electrons. The minimum Gasteiger partial charge on any atom is -0.480 e. The second kappa shape index (κ2) is 9.35. The number of aliphatic hydroxyl groups is 1. The molecule has 2 aromatic carbocycles. The Kier molecular flexibility index (Phi) is 6.30. The molecule has 6 nitrogen and oxygen atoms in total. The van der Waals surface area contributed by atoms with Crippen LogP contribution in [-0.2, 0) is 9.59 Å². The summed E-state index contributed by atoms with van der Waals surface area (Å²) in [6.45, 7) is 1.60. The number of amides is 2. The topological polar surface area (TPSA) is 78.9 Å². The van der Waals surface area contributed by atoms with Crippen LogP contribution in [0.3, 0.4) is 0 Å². The third-order valence-corrected chi connectivity index (χ3v) is 7.45. The zero-order chi connectivity index (χ0) is 22.9. The van der Waals surface area contributed by atoms with Crippen molar-refractivity contribution < 1.29 is 19.4 Å². The molecule has 3 aliphatic rings. The minimum atomic E-state index is -0.784. The van der Waals surface area contributed by atoms with Crippen molar-refractivity contribution in [3.63, 3.8) is 0 Å². The number of nitrogens with zero attached hydrogens (tertiary/aromatic N) is 1. The van der Waals surface area contributed by atoms with Gasteiger partial charge in [0.25, 0.3) is 5.91 Å². The van der Waals surface area contributed by atoms with E-state index in [4.69, 9.17) is 16.3 Å². The molecular formula is C26H29ClN2O4. The first-order valence-corrected chi connectivity index (χ1v) is 12.1. The van der Waals surface area contributed by atoms with Crippen molar-refractivity contribution in [1.29, 1.82) is 0 Å². The minimum absolute atomic E-state index is 0.0300. The highest BCUT2D eigenvalue weighted by molar-refractivity contribution is 6.30. The van der Waals surface area contributed by atoms with Gasteiger partial charge in [-0.15, -0.1) is 0 Å². The first-order valence-electron chi connectivity index (χ1n) is 11.8. The molecule has 2 fully saturated rings. The first kappa shape index (κ1) is 22.2. The zero-order valence-corrected chi connectivity index (χ0v) is 19.2. The molecule has 7 heteroatoms. The average Bonchev–Trinajstić information content (AvgIpc) is 2.79. The molecule has 1 saturated carbocycles. The van der Waals surface area contributed by atoms with Gasteiger partial charge in [0, 0.05) is 48.0 Å². The van der Waals surface area contributed by atoms with E-state index in [0.29, 0.717) is 22.3 Å². The Balaban J connectivity index is 1.08. The Morgan fingerprint density at radius 2 is 1.76 bits per heavy atom. The SMILES string of the molecule is O=C(N[C@H]1CC[C@H](C(=O)N2CC(c3ccccc3)C2)CC1)[C@H]1C[C@@H](O)c2cc(Cl)ccc2O1. The van der Waals surface area contributed by atoms with Crippen LogP contribution in [0.1, 0.15) is 55.3 Å². The lowest BCUT2D eigenvalue weighted by molar-refractivity contribution is -0.141. The molecule has 33 heavy (non-hydrogen) atoms. The Bertz CT molecular complexity index is 1020. The van der Waals surface area contributed by atoms with Gasteiger partial charge >= 0.3 is 0 Å². The molecule has 0 aromatic heterocycles. The lowest BCUT2D eigenvalue weighted by Gasteiger charge is -2.42. The van der Waals surface area contributed by atoms with Gasteiger partial charge < -0.3 is 20.1 Å². The van der Waals surface area contributed by atoms with Crippen molar-refractivity contribution >= 4 is 23.4 Å². The normalized spacial score (nSPS) is 27.2. The van der Waals surface area contributed by atoms with Gasteiger partial charge in [-0.1, -0.05) is 41.9 Å². The maximum atomic E-state index is 12.9. The van der Waals surface area contributed by atoms with Crippen molar-refractivity contribution in [1.82, 2.24) is 10.2 Å². The summed E-state index contributed by atoms with van der Waals surface area (Å²) in [5, 5.41) is 14.0. The summed E-state index contributed by atoms with van der Waals surface area (Å²) in [7, 11) is 0. The quantitative estimate of drug-likeness (QED) is 0.714. The number of hydrogen-bond acceptors (Lipinski definition) is 4. The Hall–Kier alpha value is -2.57. The highest BCUT2D eigenvalue weighted by Crippen LogP contribution is 2.37. The van der Waals surface area contributed by atoms with Crippen molar-refractivity contribution in [3.8, 4) is 5.75 Å². The average molecular weight is 469 g/mol. The van der Waals surface area contributed by atoms with E-state index in [0.717, 1.165) is 38.8 Å². The largest absolute Gasteiger partial charge is 0.480 e. The molecule has 5 rings (SSSR count). The van der Waals surface area contributed by atoms with Gasteiger partial charge in [0.2, 0.25) is 5.91 Å². The molecule has 2 amide bonds. The molecule has 2 heterocycles. The van der Waals surface area contributed by atoms with Crippen LogP contribution in [0.2, 0.25) is 5.02 Å². The number of ether oxygens (including phenoxy) is 1. The van der Waals surface area contributed by atoms with Gasteiger partial charge in [-0.2, -0.15) is 0 Å². The molecular weight excluding hydrogens is 440 g/mol. The van der Waals surface area contributed by atoms with E-state index >= 15 is 0 Å². The second-order valence-corrected chi connectivity index (χ2v) is 9.88. The van der Waals surface area contributed by atoms with Gasteiger partial charge in [-0.3, -0.25) is 9.59 Å². The van der Waals surface area contributed by atoms with Crippen LogP contribution in [0, 0.1) is 5.92 Å². The molecule has 0 bridgehead atoms. The van der Waals surface area contributed by atoms with Crippen molar-refractivity contribution in [3.05, 3.63) is 64.7 Å². The molecule has 2 aromatic rings. The molecule has 2 atom stereocenters. The standard InChI is InChI=1S/C26H29ClN2O4/c27-19-8-11-23-21(12-19)22(30)13-24(33-23)25(31)28-20-9-6-17(7-10-20)26(32)29-14-18(15-29)16-4-2-1-3-5-16/h1-5,8,11-12,17-18,20,22,24,30H,6-7,9-10,13-15H2,(H,28,31)/t17-,20-,22-,24-/m1/s1. The number of rotatable bonds is 4. The monoisotopic (exact) mass is 468 g/mol. The van der Waals surface area contributed by atoms with Gasteiger partial charge in [0.1, 0.15) is 5.75 Å². The fourth-order valence-electron chi connectivity index (χ4n) is 5.21. The zero-order valence-electron chi connectivity index (χ0n) is 18.5. The number of nitrogens with one attached hydrogen (secondary N) is 1. The summed E-state index contributed by atoms with van der Waals surface area (Å²) in [5.41, 5.74) is 1.92. The molecule has 1 aliphatic carbocycles. The maximum Gasteiger partial charge on any atom is 0.261 e. The van der Waals surface area contributed by atoms with E-state index in [9.17, 15) is 14.7 Å². The number of carbonyl (C=O) groups excluding carboxylic acids is 2. The molecule has 174 valence electrons. The van der Waals surface area contributed by atoms with Crippen LogP contribution >= 0.6 is 11.6 Å². The Morgan fingerprint density at radius 1 is 1.03 bits per heavy atom. The fraction of sp³-hybridized carbons (Fsp3) is 0.462. The van der Waals surface area contributed by atoms with Gasteiger partial charge in [0.05, 0.1) is 6.10 Å². The number of carbonyl (C=O) groups is 2. The molecule has 1 saturated heterocycles.